The molecule has 0 saturated carbocycles. The lowest BCUT2D eigenvalue weighted by Crippen LogP contribution is -2.33. The van der Waals surface area contributed by atoms with E-state index in [2.05, 4.69) is 0 Å². The van der Waals surface area contributed by atoms with Crippen LogP contribution in [0.15, 0.2) is 45.9 Å². The van der Waals surface area contributed by atoms with Crippen molar-refractivity contribution in [2.45, 2.75) is 16.6 Å². The van der Waals surface area contributed by atoms with Crippen LogP contribution in [0.3, 0.4) is 0 Å². The summed E-state index contributed by atoms with van der Waals surface area (Å²) in [7, 11) is -3.91. The fourth-order valence-electron chi connectivity index (χ4n) is 2.52. The van der Waals surface area contributed by atoms with E-state index >= 15 is 0 Å². The topological polar surface area (TPSA) is 50.5 Å². The first-order valence-electron chi connectivity index (χ1n) is 7.08. The monoisotopic (exact) mass is 359 g/mol. The van der Waals surface area contributed by atoms with Crippen LogP contribution in [-0.2, 0) is 10.0 Å². The molecule has 1 saturated heterocycles. The molecule has 1 aliphatic heterocycles. The minimum absolute atomic E-state index is 0.0782. The van der Waals surface area contributed by atoms with E-state index in [1.807, 2.05) is 6.07 Å². The Morgan fingerprint density at radius 2 is 1.91 bits per heavy atom. The minimum Gasteiger partial charge on any atom is -0.468 e. The van der Waals surface area contributed by atoms with Gasteiger partial charge in [-0.25, -0.2) is 17.2 Å². The van der Waals surface area contributed by atoms with Crippen molar-refractivity contribution in [1.29, 1.82) is 0 Å². The summed E-state index contributed by atoms with van der Waals surface area (Å²) < 4.78 is 58.5. The van der Waals surface area contributed by atoms with Crippen LogP contribution < -0.4 is 0 Å². The Balaban J connectivity index is 1.81. The fourth-order valence-corrected chi connectivity index (χ4v) is 5.31. The molecule has 124 valence electrons. The molecule has 1 unspecified atom stereocenters. The molecule has 0 N–H and O–H groups in total. The molecule has 1 atom stereocenters. The second-order valence-electron chi connectivity index (χ2n) is 5.17. The number of nitrogens with zero attached hydrogens (tertiary/aromatic N) is 1. The first-order valence-corrected chi connectivity index (χ1v) is 9.57. The van der Waals surface area contributed by atoms with Crippen LogP contribution in [0.5, 0.6) is 0 Å². The first kappa shape index (κ1) is 16.5. The summed E-state index contributed by atoms with van der Waals surface area (Å²) in [5.41, 5.74) is 0. The molecule has 0 radical (unpaired) electrons. The lowest BCUT2D eigenvalue weighted by molar-refractivity contribution is 0.416. The first-order chi connectivity index (χ1) is 11.0. The van der Waals surface area contributed by atoms with Crippen LogP contribution in [0.1, 0.15) is 17.4 Å². The second-order valence-corrected chi connectivity index (χ2v) is 8.42. The summed E-state index contributed by atoms with van der Waals surface area (Å²) in [6.07, 6.45) is 2.17. The summed E-state index contributed by atoms with van der Waals surface area (Å²) >= 11 is 1.62. The highest BCUT2D eigenvalue weighted by atomic mass is 32.2. The molecule has 1 aromatic carbocycles. The van der Waals surface area contributed by atoms with Crippen LogP contribution in [0.2, 0.25) is 0 Å². The van der Waals surface area contributed by atoms with Gasteiger partial charge in [0.05, 0.1) is 16.4 Å². The molecule has 0 amide bonds. The van der Waals surface area contributed by atoms with Gasteiger partial charge in [0.1, 0.15) is 17.4 Å². The van der Waals surface area contributed by atoms with Gasteiger partial charge in [-0.1, -0.05) is 0 Å². The molecule has 2 heterocycles. The van der Waals surface area contributed by atoms with E-state index < -0.39 is 21.7 Å². The molecule has 4 nitrogen and oxygen atoms in total. The Morgan fingerprint density at radius 1 is 1.17 bits per heavy atom. The zero-order valence-corrected chi connectivity index (χ0v) is 13.7. The summed E-state index contributed by atoms with van der Waals surface area (Å²) in [5.74, 6) is -0.406. The molecule has 1 aliphatic rings. The summed E-state index contributed by atoms with van der Waals surface area (Å²) in [6.45, 7) is 0.571. The number of furan rings is 1. The Labute approximate surface area is 137 Å². The van der Waals surface area contributed by atoms with Gasteiger partial charge in [-0.2, -0.15) is 4.31 Å². The third-order valence-corrected chi connectivity index (χ3v) is 6.80. The van der Waals surface area contributed by atoms with Gasteiger partial charge in [0, 0.05) is 24.9 Å². The summed E-state index contributed by atoms with van der Waals surface area (Å²) in [4.78, 5) is -0.351. The zero-order valence-electron chi connectivity index (χ0n) is 12.1. The van der Waals surface area contributed by atoms with E-state index in [4.69, 9.17) is 4.42 Å². The number of rotatable bonds is 3. The molecule has 0 spiro atoms. The molecule has 0 aliphatic carbocycles. The summed E-state index contributed by atoms with van der Waals surface area (Å²) in [5, 5.41) is 0.0782. The van der Waals surface area contributed by atoms with Crippen LogP contribution >= 0.6 is 11.8 Å². The largest absolute Gasteiger partial charge is 0.468 e. The third kappa shape index (κ3) is 3.59. The molecule has 0 bridgehead atoms. The van der Waals surface area contributed by atoms with Crippen LogP contribution in [0.4, 0.5) is 8.78 Å². The maximum atomic E-state index is 13.3. The number of sulfonamides is 1. The number of halogens is 2. The maximum Gasteiger partial charge on any atom is 0.243 e. The number of hydrogen-bond acceptors (Lipinski definition) is 4. The van der Waals surface area contributed by atoms with Gasteiger partial charge in [0.25, 0.3) is 0 Å². The Hall–Kier alpha value is -1.38. The van der Waals surface area contributed by atoms with Gasteiger partial charge < -0.3 is 4.42 Å². The predicted molar refractivity (Wildman–Crippen MR) is 83.6 cm³/mol. The lowest BCUT2D eigenvalue weighted by atomic mass is 10.2. The van der Waals surface area contributed by atoms with Gasteiger partial charge in [0.15, 0.2) is 0 Å². The van der Waals surface area contributed by atoms with Gasteiger partial charge in [-0.15, -0.1) is 11.8 Å². The smallest absolute Gasteiger partial charge is 0.243 e. The number of hydrogen-bond donors (Lipinski definition) is 0. The maximum absolute atomic E-state index is 13.3. The predicted octanol–water partition coefficient (Wildman–Crippen LogP) is 3.43. The van der Waals surface area contributed by atoms with Crippen LogP contribution in [0.25, 0.3) is 0 Å². The Morgan fingerprint density at radius 3 is 2.57 bits per heavy atom. The fraction of sp³-hybridized carbons (Fsp3) is 0.333. The third-order valence-electron chi connectivity index (χ3n) is 3.63. The standard InChI is InChI=1S/C15H15F2NO3S2/c16-11-8-12(17)10-13(9-11)23(19,20)18-4-3-15(22-7-5-18)14-2-1-6-21-14/h1-2,6,8-10,15H,3-5,7H2. The van der Waals surface area contributed by atoms with Crippen LogP contribution in [0, 0.1) is 11.6 Å². The zero-order chi connectivity index (χ0) is 16.4. The van der Waals surface area contributed by atoms with E-state index in [9.17, 15) is 17.2 Å². The molecule has 2 aromatic rings. The van der Waals surface area contributed by atoms with Crippen molar-refractivity contribution >= 4 is 21.8 Å². The molecule has 8 heteroatoms. The van der Waals surface area contributed by atoms with Crippen molar-refractivity contribution in [3.8, 4) is 0 Å². The molecule has 23 heavy (non-hydrogen) atoms. The average molecular weight is 359 g/mol. The van der Waals surface area contributed by atoms with E-state index in [1.165, 1.54) is 4.31 Å². The van der Waals surface area contributed by atoms with Gasteiger partial charge in [-0.05, 0) is 30.7 Å². The van der Waals surface area contributed by atoms with Crippen molar-refractivity contribution < 1.29 is 21.6 Å². The van der Waals surface area contributed by atoms with E-state index in [0.29, 0.717) is 24.8 Å². The Kier molecular flexibility index (Phi) is 4.74. The minimum atomic E-state index is -3.91. The highest BCUT2D eigenvalue weighted by molar-refractivity contribution is 7.99. The van der Waals surface area contributed by atoms with Gasteiger partial charge in [-0.3, -0.25) is 0 Å². The van der Waals surface area contributed by atoms with E-state index in [-0.39, 0.29) is 16.7 Å². The molecule has 1 aromatic heterocycles. The lowest BCUT2D eigenvalue weighted by Gasteiger charge is -2.20. The van der Waals surface area contributed by atoms with Crippen molar-refractivity contribution in [2.75, 3.05) is 18.8 Å². The van der Waals surface area contributed by atoms with Crippen molar-refractivity contribution in [3.05, 3.63) is 54.0 Å². The highest BCUT2D eigenvalue weighted by Gasteiger charge is 2.29. The Bertz CT molecular complexity index is 758. The van der Waals surface area contributed by atoms with E-state index in [1.54, 1.807) is 24.1 Å². The van der Waals surface area contributed by atoms with Gasteiger partial charge >= 0.3 is 0 Å². The van der Waals surface area contributed by atoms with E-state index in [0.717, 1.165) is 17.9 Å². The average Bonchev–Trinajstić information content (AvgIpc) is 2.90. The van der Waals surface area contributed by atoms with Crippen molar-refractivity contribution in [1.82, 2.24) is 4.31 Å². The number of benzene rings is 1. The van der Waals surface area contributed by atoms with Crippen molar-refractivity contribution in [2.24, 2.45) is 0 Å². The second kappa shape index (κ2) is 6.62. The molecular formula is C15H15F2NO3S2. The summed E-state index contributed by atoms with van der Waals surface area (Å²) in [6, 6.07) is 6.01. The molecular weight excluding hydrogens is 344 g/mol. The van der Waals surface area contributed by atoms with Crippen molar-refractivity contribution in [3.63, 3.8) is 0 Å². The van der Waals surface area contributed by atoms with Gasteiger partial charge in [0.2, 0.25) is 10.0 Å². The number of thioether (sulfide) groups is 1. The van der Waals surface area contributed by atoms with Crippen LogP contribution in [-0.4, -0.2) is 31.6 Å². The SMILES string of the molecule is O=S(=O)(c1cc(F)cc(F)c1)N1CCSC(c2ccco2)CC1. The highest BCUT2D eigenvalue weighted by Crippen LogP contribution is 2.35. The molecule has 3 rings (SSSR count). The normalized spacial score (nSPS) is 20.3. The quantitative estimate of drug-likeness (QED) is 0.843. The molecule has 1 fully saturated rings.